The van der Waals surface area contributed by atoms with E-state index in [9.17, 15) is 0 Å². The summed E-state index contributed by atoms with van der Waals surface area (Å²) < 4.78 is 6.56. The summed E-state index contributed by atoms with van der Waals surface area (Å²) in [5.41, 5.74) is 20.1. The number of anilines is 3. The first-order chi connectivity index (χ1) is 33.6. The maximum Gasteiger partial charge on any atom is 0.135 e. The lowest BCUT2D eigenvalue weighted by Crippen LogP contribution is -2.10. The fourth-order valence-corrected chi connectivity index (χ4v) is 9.08. The van der Waals surface area contributed by atoms with Gasteiger partial charge in [-0.1, -0.05) is 183 Å². The molecule has 0 bridgehead atoms. The second-order valence-corrected chi connectivity index (χ2v) is 17.1. The lowest BCUT2D eigenvalue weighted by Gasteiger charge is -2.26. The highest BCUT2D eigenvalue weighted by atomic mass is 16.5. The predicted molar refractivity (Wildman–Crippen MR) is 287 cm³/mol. The molecule has 0 amide bonds. The van der Waals surface area contributed by atoms with Crippen LogP contribution < -0.4 is 9.64 Å². The zero-order valence-electron chi connectivity index (χ0n) is 37.5. The minimum atomic E-state index is 0.771. The van der Waals surface area contributed by atoms with Crippen molar-refractivity contribution in [2.75, 3.05) is 4.90 Å². The fourth-order valence-electron chi connectivity index (χ4n) is 9.08. The topological polar surface area (TPSA) is 12.5 Å². The predicted octanol–water partition coefficient (Wildman–Crippen LogP) is 18.2. The van der Waals surface area contributed by atoms with Gasteiger partial charge in [0.25, 0.3) is 0 Å². The molecular weight excluding hydrogens is 823 g/mol. The lowest BCUT2D eigenvalue weighted by atomic mass is 9.93. The number of ether oxygens (including phenoxy) is 1. The number of rotatable bonds is 10. The van der Waals surface area contributed by atoms with E-state index in [0.29, 0.717) is 0 Å². The molecule has 11 rings (SSSR count). The fraction of sp³-hybridized carbons (Fsp3) is 0. The van der Waals surface area contributed by atoms with Gasteiger partial charge in [-0.2, -0.15) is 0 Å². The van der Waals surface area contributed by atoms with Gasteiger partial charge in [-0.05, 0) is 169 Å². The van der Waals surface area contributed by atoms with Gasteiger partial charge in [-0.25, -0.2) is 0 Å². The second kappa shape index (κ2) is 18.9. The molecule has 0 aliphatic carbocycles. The van der Waals surface area contributed by atoms with Crippen molar-refractivity contribution >= 4 is 28.4 Å². The van der Waals surface area contributed by atoms with Gasteiger partial charge in [0.1, 0.15) is 11.5 Å². The minimum absolute atomic E-state index is 0.771. The molecule has 1 heterocycles. The largest absolute Gasteiger partial charge is 0.456 e. The van der Waals surface area contributed by atoms with Gasteiger partial charge < -0.3 is 9.64 Å². The Balaban J connectivity index is 0.984. The SMILES string of the molecule is C=C1/C=C\C=C(\c2ccc(N(c3ccc(-c4cc(-c5ccccc5)cc(-c5ccccc5)c4)cc3)c3ccc(-c4cc(-c5ccccc5)cc(-c5ccccc5)c4)cc3)cc2)Oc2ccccc21. The molecule has 322 valence electrons. The van der Waals surface area contributed by atoms with Gasteiger partial charge in [-0.3, -0.25) is 0 Å². The first kappa shape index (κ1) is 41.7. The van der Waals surface area contributed by atoms with Crippen molar-refractivity contribution in [3.8, 4) is 72.5 Å². The Morgan fingerprint density at radius 3 is 0.971 bits per heavy atom. The molecule has 68 heavy (non-hydrogen) atoms. The summed E-state index contributed by atoms with van der Waals surface area (Å²) in [5.74, 6) is 1.56. The third-order valence-electron chi connectivity index (χ3n) is 12.6. The molecule has 2 nitrogen and oxygen atoms in total. The smallest absolute Gasteiger partial charge is 0.135 e. The Kier molecular flexibility index (Phi) is 11.6. The van der Waals surface area contributed by atoms with Crippen LogP contribution in [0.1, 0.15) is 11.1 Å². The van der Waals surface area contributed by atoms with Crippen molar-refractivity contribution in [2.45, 2.75) is 0 Å². The molecule has 0 atom stereocenters. The van der Waals surface area contributed by atoms with Crippen LogP contribution >= 0.6 is 0 Å². The highest BCUT2D eigenvalue weighted by Crippen LogP contribution is 2.41. The van der Waals surface area contributed by atoms with Crippen LogP contribution in [0.3, 0.4) is 0 Å². The molecule has 1 aliphatic rings. The Morgan fingerprint density at radius 1 is 0.294 bits per heavy atom. The molecule has 0 aromatic heterocycles. The van der Waals surface area contributed by atoms with Crippen LogP contribution in [0.25, 0.3) is 78.1 Å². The van der Waals surface area contributed by atoms with E-state index in [1.54, 1.807) is 0 Å². The molecule has 10 aromatic rings. The number of para-hydroxylation sites is 1. The van der Waals surface area contributed by atoms with Crippen LogP contribution in [0, 0.1) is 0 Å². The molecule has 0 N–H and O–H groups in total. The van der Waals surface area contributed by atoms with Crippen molar-refractivity contribution in [1.82, 2.24) is 0 Å². The Hall–Kier alpha value is -8.98. The van der Waals surface area contributed by atoms with Crippen LogP contribution in [0.4, 0.5) is 17.1 Å². The molecule has 10 aromatic carbocycles. The van der Waals surface area contributed by atoms with E-state index in [1.165, 1.54) is 44.5 Å². The summed E-state index contributed by atoms with van der Waals surface area (Å²) in [5, 5.41) is 0. The van der Waals surface area contributed by atoms with Crippen LogP contribution in [0.2, 0.25) is 0 Å². The molecule has 0 spiro atoms. The molecule has 1 aliphatic heterocycles. The third-order valence-corrected chi connectivity index (χ3v) is 12.6. The van der Waals surface area contributed by atoms with Crippen LogP contribution in [0.15, 0.2) is 280 Å². The van der Waals surface area contributed by atoms with Crippen LogP contribution in [-0.2, 0) is 0 Å². The number of hydrogen-bond donors (Lipinski definition) is 0. The zero-order valence-corrected chi connectivity index (χ0v) is 37.5. The maximum atomic E-state index is 6.56. The van der Waals surface area contributed by atoms with Crippen LogP contribution in [-0.4, -0.2) is 0 Å². The molecule has 0 radical (unpaired) electrons. The average molecular weight is 870 g/mol. The van der Waals surface area contributed by atoms with Gasteiger partial charge >= 0.3 is 0 Å². The lowest BCUT2D eigenvalue weighted by molar-refractivity contribution is 0.513. The summed E-state index contributed by atoms with van der Waals surface area (Å²) in [6.45, 7) is 4.25. The number of benzene rings is 10. The summed E-state index contributed by atoms with van der Waals surface area (Å²) in [7, 11) is 0. The van der Waals surface area contributed by atoms with E-state index < -0.39 is 0 Å². The number of hydrogen-bond acceptors (Lipinski definition) is 2. The quantitative estimate of drug-likeness (QED) is 0.136. The van der Waals surface area contributed by atoms with Crippen molar-refractivity contribution in [3.63, 3.8) is 0 Å². The van der Waals surface area contributed by atoms with Gasteiger partial charge in [0.05, 0.1) is 0 Å². The van der Waals surface area contributed by atoms with E-state index in [-0.39, 0.29) is 0 Å². The van der Waals surface area contributed by atoms with Crippen LogP contribution in [0.5, 0.6) is 5.75 Å². The number of fused-ring (bicyclic) bond motifs is 1. The molecule has 0 unspecified atom stereocenters. The summed E-state index contributed by atoms with van der Waals surface area (Å²) >= 11 is 0. The van der Waals surface area contributed by atoms with E-state index in [1.807, 2.05) is 42.5 Å². The number of nitrogens with zero attached hydrogens (tertiary/aromatic N) is 1. The summed E-state index contributed by atoms with van der Waals surface area (Å²) in [4.78, 5) is 2.33. The molecule has 0 saturated carbocycles. The van der Waals surface area contributed by atoms with Crippen molar-refractivity contribution in [2.24, 2.45) is 0 Å². The van der Waals surface area contributed by atoms with E-state index in [4.69, 9.17) is 4.74 Å². The van der Waals surface area contributed by atoms with E-state index in [2.05, 4.69) is 242 Å². The van der Waals surface area contributed by atoms with Gasteiger partial charge in [0.15, 0.2) is 0 Å². The first-order valence-electron chi connectivity index (χ1n) is 23.1. The third kappa shape index (κ3) is 8.87. The summed E-state index contributed by atoms with van der Waals surface area (Å²) in [6, 6.07) is 91.0. The maximum absolute atomic E-state index is 6.56. The van der Waals surface area contributed by atoms with Gasteiger partial charge in [0.2, 0.25) is 0 Å². The monoisotopic (exact) mass is 869 g/mol. The van der Waals surface area contributed by atoms with Gasteiger partial charge in [-0.15, -0.1) is 0 Å². The molecular formula is C66H47NO. The Morgan fingerprint density at radius 2 is 0.603 bits per heavy atom. The first-order valence-corrected chi connectivity index (χ1v) is 23.1. The van der Waals surface area contributed by atoms with E-state index in [0.717, 1.165) is 67.5 Å². The van der Waals surface area contributed by atoms with Crippen molar-refractivity contribution < 1.29 is 4.74 Å². The Bertz CT molecular complexity index is 3140. The molecule has 0 saturated heterocycles. The van der Waals surface area contributed by atoms with E-state index >= 15 is 0 Å². The highest BCUT2D eigenvalue weighted by Gasteiger charge is 2.17. The number of allylic oxidation sites excluding steroid dienone is 4. The zero-order chi connectivity index (χ0) is 45.7. The molecule has 0 fully saturated rings. The highest BCUT2D eigenvalue weighted by molar-refractivity contribution is 5.86. The standard InChI is InChI=1S/C66H47NO/c1-47-17-16-28-65(68-66-27-15-14-26-64(47)66)54-33-39-63(40-34-54)67(61-35-29-52(30-36-61)59-43-55(48-18-6-2-7-19-48)41-56(44-59)49-20-8-3-9-21-49)62-37-31-53(32-38-62)60-45-57(50-22-10-4-11-23-50)42-58(46-60)51-24-12-5-13-25-51/h2-46H,1H2/b17-16-,65-28-. The Labute approximate surface area is 399 Å². The van der Waals surface area contributed by atoms with Crippen molar-refractivity contribution in [3.05, 3.63) is 291 Å². The second-order valence-electron chi connectivity index (χ2n) is 17.1. The molecule has 2 heteroatoms. The van der Waals surface area contributed by atoms with Crippen molar-refractivity contribution in [1.29, 1.82) is 0 Å². The minimum Gasteiger partial charge on any atom is -0.456 e. The summed E-state index contributed by atoms with van der Waals surface area (Å²) in [6.07, 6.45) is 6.05. The average Bonchev–Trinajstić information content (AvgIpc) is 3.41. The van der Waals surface area contributed by atoms with Gasteiger partial charge in [0, 0.05) is 28.2 Å². The normalized spacial score (nSPS) is 13.2.